The van der Waals surface area contributed by atoms with Crippen molar-refractivity contribution in [3.63, 3.8) is 0 Å². The first kappa shape index (κ1) is 10.4. The first-order valence-corrected chi connectivity index (χ1v) is 6.18. The van der Waals surface area contributed by atoms with E-state index in [2.05, 4.69) is 0 Å². The van der Waals surface area contributed by atoms with Gasteiger partial charge in [-0.25, -0.2) is 0 Å². The zero-order valence-electron chi connectivity index (χ0n) is 9.08. The molecule has 2 saturated carbocycles. The van der Waals surface area contributed by atoms with Gasteiger partial charge in [0.25, 0.3) is 0 Å². The van der Waals surface area contributed by atoms with E-state index in [0.717, 1.165) is 37.5 Å². The molecule has 0 amide bonds. The van der Waals surface area contributed by atoms with Crippen LogP contribution in [0.1, 0.15) is 38.5 Å². The highest BCUT2D eigenvalue weighted by Gasteiger charge is 2.26. The Morgan fingerprint density at radius 1 is 0.929 bits per heavy atom. The van der Waals surface area contributed by atoms with Crippen LogP contribution in [0.5, 0.6) is 0 Å². The van der Waals surface area contributed by atoms with Gasteiger partial charge in [0.1, 0.15) is 0 Å². The second kappa shape index (κ2) is 5.13. The summed E-state index contributed by atoms with van der Waals surface area (Å²) in [5.41, 5.74) is 5.78. The average molecular weight is 197 g/mol. The standard InChI is InChI=1S/C12H23NO/c13-7-11-3-1-2-4-12(11)9-14-8-10-5-6-10/h10-12H,1-9,13H2. The Morgan fingerprint density at radius 2 is 1.64 bits per heavy atom. The van der Waals surface area contributed by atoms with Crippen molar-refractivity contribution in [2.75, 3.05) is 19.8 Å². The van der Waals surface area contributed by atoms with Crippen LogP contribution < -0.4 is 5.73 Å². The topological polar surface area (TPSA) is 35.2 Å². The van der Waals surface area contributed by atoms with E-state index < -0.39 is 0 Å². The molecule has 0 aromatic carbocycles. The highest BCUT2D eigenvalue weighted by atomic mass is 16.5. The molecular weight excluding hydrogens is 174 g/mol. The predicted molar refractivity (Wildman–Crippen MR) is 58.0 cm³/mol. The molecule has 0 bridgehead atoms. The Morgan fingerprint density at radius 3 is 2.29 bits per heavy atom. The maximum atomic E-state index is 5.78. The average Bonchev–Trinajstić information content (AvgIpc) is 3.03. The first-order chi connectivity index (χ1) is 6.90. The van der Waals surface area contributed by atoms with Crippen LogP contribution in [0.4, 0.5) is 0 Å². The van der Waals surface area contributed by atoms with E-state index in [1.807, 2.05) is 0 Å². The second-order valence-corrected chi connectivity index (χ2v) is 5.02. The number of hydrogen-bond acceptors (Lipinski definition) is 2. The second-order valence-electron chi connectivity index (χ2n) is 5.02. The normalized spacial score (nSPS) is 33.2. The van der Waals surface area contributed by atoms with Gasteiger partial charge in [0.05, 0.1) is 0 Å². The summed E-state index contributed by atoms with van der Waals surface area (Å²) in [4.78, 5) is 0. The minimum Gasteiger partial charge on any atom is -0.381 e. The molecule has 2 N–H and O–H groups in total. The van der Waals surface area contributed by atoms with Crippen LogP contribution in [0.15, 0.2) is 0 Å². The molecule has 14 heavy (non-hydrogen) atoms. The van der Waals surface area contributed by atoms with Crippen molar-refractivity contribution in [2.45, 2.75) is 38.5 Å². The quantitative estimate of drug-likeness (QED) is 0.733. The van der Waals surface area contributed by atoms with Crippen molar-refractivity contribution < 1.29 is 4.74 Å². The number of nitrogens with two attached hydrogens (primary N) is 1. The zero-order chi connectivity index (χ0) is 9.80. The van der Waals surface area contributed by atoms with E-state index in [4.69, 9.17) is 10.5 Å². The van der Waals surface area contributed by atoms with Gasteiger partial charge in [0.15, 0.2) is 0 Å². The molecule has 2 unspecified atom stereocenters. The third-order valence-corrected chi connectivity index (χ3v) is 3.75. The molecule has 2 aliphatic carbocycles. The van der Waals surface area contributed by atoms with Gasteiger partial charge in [-0.2, -0.15) is 0 Å². The Kier molecular flexibility index (Phi) is 3.82. The lowest BCUT2D eigenvalue weighted by Crippen LogP contribution is -2.30. The maximum Gasteiger partial charge on any atom is 0.0497 e. The van der Waals surface area contributed by atoms with Gasteiger partial charge in [0, 0.05) is 13.2 Å². The molecular formula is C12H23NO. The van der Waals surface area contributed by atoms with Crippen molar-refractivity contribution in [3.8, 4) is 0 Å². The largest absolute Gasteiger partial charge is 0.381 e. The lowest BCUT2D eigenvalue weighted by Gasteiger charge is -2.30. The van der Waals surface area contributed by atoms with Gasteiger partial charge in [-0.1, -0.05) is 12.8 Å². The summed E-state index contributed by atoms with van der Waals surface area (Å²) < 4.78 is 5.77. The van der Waals surface area contributed by atoms with Crippen LogP contribution in [0.2, 0.25) is 0 Å². The molecule has 82 valence electrons. The smallest absolute Gasteiger partial charge is 0.0497 e. The van der Waals surface area contributed by atoms with Crippen molar-refractivity contribution >= 4 is 0 Å². The third-order valence-electron chi connectivity index (χ3n) is 3.75. The molecule has 0 radical (unpaired) electrons. The Labute approximate surface area is 87.2 Å². The summed E-state index contributed by atoms with van der Waals surface area (Å²) in [6.07, 6.45) is 8.21. The van der Waals surface area contributed by atoms with Gasteiger partial charge in [0.2, 0.25) is 0 Å². The molecule has 0 heterocycles. The number of hydrogen-bond donors (Lipinski definition) is 1. The summed E-state index contributed by atoms with van der Waals surface area (Å²) >= 11 is 0. The van der Waals surface area contributed by atoms with E-state index in [-0.39, 0.29) is 0 Å². The molecule has 0 aliphatic heterocycles. The summed E-state index contributed by atoms with van der Waals surface area (Å²) in [6, 6.07) is 0. The Hall–Kier alpha value is -0.0800. The molecule has 0 aromatic rings. The van der Waals surface area contributed by atoms with E-state index in [0.29, 0.717) is 0 Å². The molecule has 2 rings (SSSR count). The summed E-state index contributed by atoms with van der Waals surface area (Å²) in [5.74, 6) is 2.39. The van der Waals surface area contributed by atoms with Crippen molar-refractivity contribution in [2.24, 2.45) is 23.5 Å². The molecule has 0 aromatic heterocycles. The van der Waals surface area contributed by atoms with Crippen molar-refractivity contribution in [1.82, 2.24) is 0 Å². The van der Waals surface area contributed by atoms with Gasteiger partial charge < -0.3 is 10.5 Å². The van der Waals surface area contributed by atoms with Gasteiger partial charge in [-0.3, -0.25) is 0 Å². The summed E-state index contributed by atoms with van der Waals surface area (Å²) in [7, 11) is 0. The molecule has 2 heteroatoms. The zero-order valence-corrected chi connectivity index (χ0v) is 9.08. The molecule has 2 atom stereocenters. The first-order valence-electron chi connectivity index (χ1n) is 6.18. The van der Waals surface area contributed by atoms with Crippen LogP contribution in [0.3, 0.4) is 0 Å². The fraction of sp³-hybridized carbons (Fsp3) is 1.00. The molecule has 2 aliphatic rings. The van der Waals surface area contributed by atoms with Crippen LogP contribution in [0, 0.1) is 17.8 Å². The fourth-order valence-corrected chi connectivity index (χ4v) is 2.48. The van der Waals surface area contributed by atoms with E-state index in [1.165, 1.54) is 38.5 Å². The maximum absolute atomic E-state index is 5.78. The lowest BCUT2D eigenvalue weighted by molar-refractivity contribution is 0.0553. The van der Waals surface area contributed by atoms with Crippen LogP contribution in [-0.4, -0.2) is 19.8 Å². The molecule has 2 nitrogen and oxygen atoms in total. The predicted octanol–water partition coefficient (Wildman–Crippen LogP) is 2.18. The fourth-order valence-electron chi connectivity index (χ4n) is 2.48. The van der Waals surface area contributed by atoms with Crippen molar-refractivity contribution in [1.29, 1.82) is 0 Å². The molecule has 0 saturated heterocycles. The molecule has 0 spiro atoms. The summed E-state index contributed by atoms with van der Waals surface area (Å²) in [5, 5.41) is 0. The SMILES string of the molecule is NCC1CCCCC1COCC1CC1. The van der Waals surface area contributed by atoms with Crippen LogP contribution in [-0.2, 0) is 4.74 Å². The number of ether oxygens (including phenoxy) is 1. The molecule has 2 fully saturated rings. The summed E-state index contributed by atoms with van der Waals surface area (Å²) in [6.45, 7) is 2.84. The minimum absolute atomic E-state index is 0.739. The van der Waals surface area contributed by atoms with Crippen molar-refractivity contribution in [3.05, 3.63) is 0 Å². The van der Waals surface area contributed by atoms with E-state index >= 15 is 0 Å². The van der Waals surface area contributed by atoms with E-state index in [9.17, 15) is 0 Å². The van der Waals surface area contributed by atoms with Crippen LogP contribution >= 0.6 is 0 Å². The van der Waals surface area contributed by atoms with E-state index in [1.54, 1.807) is 0 Å². The highest BCUT2D eigenvalue weighted by molar-refractivity contribution is 4.77. The van der Waals surface area contributed by atoms with Gasteiger partial charge in [-0.15, -0.1) is 0 Å². The van der Waals surface area contributed by atoms with Gasteiger partial charge >= 0.3 is 0 Å². The highest BCUT2D eigenvalue weighted by Crippen LogP contribution is 2.32. The van der Waals surface area contributed by atoms with Crippen LogP contribution in [0.25, 0.3) is 0 Å². The monoisotopic (exact) mass is 197 g/mol. The Balaban J connectivity index is 1.64. The lowest BCUT2D eigenvalue weighted by atomic mass is 9.80. The minimum atomic E-state index is 0.739. The van der Waals surface area contributed by atoms with Gasteiger partial charge in [-0.05, 0) is 50.0 Å². The third kappa shape index (κ3) is 2.96. The Bertz CT molecular complexity index is 168. The number of rotatable bonds is 5.